The van der Waals surface area contributed by atoms with E-state index in [0.717, 1.165) is 5.69 Å². The van der Waals surface area contributed by atoms with E-state index in [2.05, 4.69) is 41.6 Å². The third kappa shape index (κ3) is 8.41. The first-order valence-corrected chi connectivity index (χ1v) is 8.31. The number of rotatable bonds is 6. The second-order valence-electron chi connectivity index (χ2n) is 6.95. The SMILES string of the molecule is CC(C)c1cccc(NC(N)=NCCCNC(=O)OC(C)(C)C)c1. The van der Waals surface area contributed by atoms with Gasteiger partial charge in [-0.05, 0) is 50.8 Å². The topological polar surface area (TPSA) is 88.7 Å². The van der Waals surface area contributed by atoms with Gasteiger partial charge in [-0.25, -0.2) is 4.79 Å². The molecule has 24 heavy (non-hydrogen) atoms. The van der Waals surface area contributed by atoms with Crippen LogP contribution in [-0.4, -0.2) is 30.7 Å². The molecular weight excluding hydrogens is 304 g/mol. The zero-order chi connectivity index (χ0) is 18.2. The van der Waals surface area contributed by atoms with Crippen LogP contribution in [0, 0.1) is 0 Å². The van der Waals surface area contributed by atoms with Gasteiger partial charge in [0, 0.05) is 18.8 Å². The molecule has 0 saturated carbocycles. The van der Waals surface area contributed by atoms with Crippen molar-refractivity contribution in [1.29, 1.82) is 0 Å². The Kier molecular flexibility index (Phi) is 7.55. The summed E-state index contributed by atoms with van der Waals surface area (Å²) in [6.45, 7) is 10.8. The fourth-order valence-corrected chi connectivity index (χ4v) is 1.95. The molecule has 0 aliphatic carbocycles. The number of nitrogens with zero attached hydrogens (tertiary/aromatic N) is 1. The third-order valence-corrected chi connectivity index (χ3v) is 3.11. The first-order chi connectivity index (χ1) is 11.2. The summed E-state index contributed by atoms with van der Waals surface area (Å²) in [7, 11) is 0. The normalized spacial score (nSPS) is 12.2. The van der Waals surface area contributed by atoms with Crippen molar-refractivity contribution in [3.8, 4) is 0 Å². The highest BCUT2D eigenvalue weighted by atomic mass is 16.6. The molecule has 1 amide bonds. The molecule has 0 aromatic heterocycles. The Morgan fingerprint density at radius 3 is 2.67 bits per heavy atom. The van der Waals surface area contributed by atoms with Gasteiger partial charge in [-0.3, -0.25) is 4.99 Å². The van der Waals surface area contributed by atoms with Crippen molar-refractivity contribution >= 4 is 17.7 Å². The quantitative estimate of drug-likeness (QED) is 0.422. The summed E-state index contributed by atoms with van der Waals surface area (Å²) in [4.78, 5) is 15.7. The maximum Gasteiger partial charge on any atom is 0.407 e. The van der Waals surface area contributed by atoms with Crippen LogP contribution in [0.15, 0.2) is 29.3 Å². The van der Waals surface area contributed by atoms with E-state index in [-0.39, 0.29) is 0 Å². The fourth-order valence-electron chi connectivity index (χ4n) is 1.95. The molecule has 0 bridgehead atoms. The molecule has 0 aliphatic rings. The first-order valence-electron chi connectivity index (χ1n) is 8.31. The molecule has 0 atom stereocenters. The summed E-state index contributed by atoms with van der Waals surface area (Å²) in [5, 5.41) is 5.77. The zero-order valence-corrected chi connectivity index (χ0v) is 15.3. The highest BCUT2D eigenvalue weighted by Gasteiger charge is 2.15. The Morgan fingerprint density at radius 1 is 1.33 bits per heavy atom. The number of hydrogen-bond donors (Lipinski definition) is 3. The van der Waals surface area contributed by atoms with Crippen molar-refractivity contribution in [3.63, 3.8) is 0 Å². The molecule has 0 aliphatic heterocycles. The van der Waals surface area contributed by atoms with Gasteiger partial charge in [0.05, 0.1) is 0 Å². The predicted molar refractivity (Wildman–Crippen MR) is 99.5 cm³/mol. The summed E-state index contributed by atoms with van der Waals surface area (Å²) in [6, 6.07) is 8.11. The average Bonchev–Trinajstić information content (AvgIpc) is 2.45. The van der Waals surface area contributed by atoms with Gasteiger partial charge in [-0.2, -0.15) is 0 Å². The minimum absolute atomic E-state index is 0.369. The van der Waals surface area contributed by atoms with Crippen LogP contribution in [0.5, 0.6) is 0 Å². The van der Waals surface area contributed by atoms with E-state index in [9.17, 15) is 4.79 Å². The van der Waals surface area contributed by atoms with Crippen molar-refractivity contribution in [1.82, 2.24) is 5.32 Å². The summed E-state index contributed by atoms with van der Waals surface area (Å²) in [5.41, 5.74) is 7.57. The molecule has 0 radical (unpaired) electrons. The second-order valence-corrected chi connectivity index (χ2v) is 6.95. The first kappa shape index (κ1) is 19.8. The van der Waals surface area contributed by atoms with E-state index in [4.69, 9.17) is 10.5 Å². The fraction of sp³-hybridized carbons (Fsp3) is 0.556. The summed E-state index contributed by atoms with van der Waals surface area (Å²) >= 11 is 0. The number of alkyl carbamates (subject to hydrolysis) is 1. The van der Waals surface area contributed by atoms with Gasteiger partial charge in [0.25, 0.3) is 0 Å². The molecule has 0 spiro atoms. The van der Waals surface area contributed by atoms with Crippen LogP contribution in [0.4, 0.5) is 10.5 Å². The van der Waals surface area contributed by atoms with E-state index in [1.807, 2.05) is 32.9 Å². The van der Waals surface area contributed by atoms with Crippen LogP contribution in [0.25, 0.3) is 0 Å². The van der Waals surface area contributed by atoms with Crippen LogP contribution in [0.1, 0.15) is 52.5 Å². The van der Waals surface area contributed by atoms with Gasteiger partial charge in [-0.15, -0.1) is 0 Å². The monoisotopic (exact) mass is 334 g/mol. The number of guanidine groups is 1. The highest BCUT2D eigenvalue weighted by Crippen LogP contribution is 2.18. The molecule has 1 aromatic carbocycles. The smallest absolute Gasteiger partial charge is 0.407 e. The summed E-state index contributed by atoms with van der Waals surface area (Å²) < 4.78 is 5.15. The number of carbonyl (C=O) groups excluding carboxylic acids is 1. The molecule has 6 heteroatoms. The van der Waals surface area contributed by atoms with Crippen LogP contribution in [-0.2, 0) is 4.74 Å². The third-order valence-electron chi connectivity index (χ3n) is 3.11. The largest absolute Gasteiger partial charge is 0.444 e. The second kappa shape index (κ2) is 9.15. The number of amides is 1. The van der Waals surface area contributed by atoms with E-state index in [0.29, 0.717) is 31.4 Å². The maximum absolute atomic E-state index is 11.5. The Morgan fingerprint density at radius 2 is 2.04 bits per heavy atom. The molecule has 134 valence electrons. The van der Waals surface area contributed by atoms with E-state index in [1.54, 1.807) is 0 Å². The predicted octanol–water partition coefficient (Wildman–Crippen LogP) is 3.45. The lowest BCUT2D eigenvalue weighted by Crippen LogP contribution is -2.33. The van der Waals surface area contributed by atoms with Gasteiger partial charge >= 0.3 is 6.09 Å². The van der Waals surface area contributed by atoms with Crippen LogP contribution in [0.3, 0.4) is 0 Å². The zero-order valence-electron chi connectivity index (χ0n) is 15.3. The van der Waals surface area contributed by atoms with Crippen LogP contribution < -0.4 is 16.4 Å². The summed E-state index contributed by atoms with van der Waals surface area (Å²) in [6.07, 6.45) is 0.274. The number of hydrogen-bond acceptors (Lipinski definition) is 3. The van der Waals surface area contributed by atoms with Gasteiger partial charge in [0.2, 0.25) is 0 Å². The molecule has 1 aromatic rings. The number of nitrogens with one attached hydrogen (secondary N) is 2. The van der Waals surface area contributed by atoms with Crippen molar-refractivity contribution < 1.29 is 9.53 Å². The lowest BCUT2D eigenvalue weighted by molar-refractivity contribution is 0.0527. The van der Waals surface area contributed by atoms with Crippen molar-refractivity contribution in [2.24, 2.45) is 10.7 Å². The lowest BCUT2D eigenvalue weighted by atomic mass is 10.0. The van der Waals surface area contributed by atoms with Crippen molar-refractivity contribution in [2.45, 2.75) is 52.6 Å². The molecule has 4 N–H and O–H groups in total. The van der Waals surface area contributed by atoms with Crippen molar-refractivity contribution in [3.05, 3.63) is 29.8 Å². The van der Waals surface area contributed by atoms with E-state index >= 15 is 0 Å². The Labute approximate surface area is 144 Å². The number of benzene rings is 1. The number of carbonyl (C=O) groups is 1. The van der Waals surface area contributed by atoms with Gasteiger partial charge in [-0.1, -0.05) is 26.0 Å². The van der Waals surface area contributed by atoms with Gasteiger partial charge in [0.1, 0.15) is 5.60 Å². The minimum Gasteiger partial charge on any atom is -0.444 e. The standard InChI is InChI=1S/C18H30N4O2/c1-13(2)14-8-6-9-15(12-14)22-16(19)20-10-7-11-21-17(23)24-18(3,4)5/h6,8-9,12-13H,7,10-11H2,1-5H3,(H,21,23)(H3,19,20,22). The molecule has 1 rings (SSSR count). The molecule has 6 nitrogen and oxygen atoms in total. The van der Waals surface area contributed by atoms with Crippen LogP contribution >= 0.6 is 0 Å². The maximum atomic E-state index is 11.5. The minimum atomic E-state index is -0.485. The van der Waals surface area contributed by atoms with E-state index in [1.165, 1.54) is 5.56 Å². The number of aliphatic imine (C=N–C) groups is 1. The average molecular weight is 334 g/mol. The number of anilines is 1. The Bertz CT molecular complexity index is 562. The molecule has 0 fully saturated rings. The summed E-state index contributed by atoms with van der Waals surface area (Å²) in [5.74, 6) is 0.831. The van der Waals surface area contributed by atoms with Crippen LogP contribution in [0.2, 0.25) is 0 Å². The lowest BCUT2D eigenvalue weighted by Gasteiger charge is -2.19. The highest BCUT2D eigenvalue weighted by molar-refractivity contribution is 5.92. The number of nitrogens with two attached hydrogens (primary N) is 1. The Hall–Kier alpha value is -2.24. The number of ether oxygens (including phenoxy) is 1. The molecular formula is C18H30N4O2. The van der Waals surface area contributed by atoms with Gasteiger partial charge in [0.15, 0.2) is 5.96 Å². The molecule has 0 saturated heterocycles. The van der Waals surface area contributed by atoms with E-state index < -0.39 is 11.7 Å². The Balaban J connectivity index is 2.32. The molecule has 0 heterocycles. The van der Waals surface area contributed by atoms with Gasteiger partial charge < -0.3 is 21.1 Å². The van der Waals surface area contributed by atoms with Crippen molar-refractivity contribution in [2.75, 3.05) is 18.4 Å². The molecule has 0 unspecified atom stereocenters.